The molecule has 0 aliphatic carbocycles. The Bertz CT molecular complexity index is 1090. The zero-order chi connectivity index (χ0) is 19.6. The number of nitrogens with zero attached hydrogens (tertiary/aromatic N) is 3. The highest BCUT2D eigenvalue weighted by molar-refractivity contribution is 7.92. The molecule has 8 heteroatoms. The number of benzene rings is 2. The zero-order valence-electron chi connectivity index (χ0n) is 15.2. The summed E-state index contributed by atoms with van der Waals surface area (Å²) < 4.78 is 36.9. The molecule has 1 fully saturated rings. The van der Waals surface area contributed by atoms with Crippen LogP contribution in [0.1, 0.15) is 17.4 Å². The molecule has 1 aromatic heterocycles. The van der Waals surface area contributed by atoms with Crippen LogP contribution in [0.3, 0.4) is 0 Å². The van der Waals surface area contributed by atoms with Crippen LogP contribution in [0.5, 0.6) is 5.75 Å². The van der Waals surface area contributed by atoms with E-state index in [1.165, 1.54) is 9.71 Å². The van der Waals surface area contributed by atoms with Crippen LogP contribution >= 0.6 is 0 Å². The van der Waals surface area contributed by atoms with Gasteiger partial charge in [-0.1, -0.05) is 47.6 Å². The molecule has 2 heterocycles. The molecule has 2 aromatic carbocycles. The number of rotatable bonds is 6. The van der Waals surface area contributed by atoms with Gasteiger partial charge in [0.15, 0.2) is 0 Å². The molecule has 0 atom stereocenters. The van der Waals surface area contributed by atoms with E-state index in [1.807, 2.05) is 54.6 Å². The average molecular weight is 397 g/mol. The first kappa shape index (κ1) is 18.4. The Morgan fingerprint density at radius 1 is 1.11 bits per heavy atom. The van der Waals surface area contributed by atoms with Gasteiger partial charge in [-0.3, -0.25) is 0 Å². The lowest BCUT2D eigenvalue weighted by atomic mass is 10.0. The van der Waals surface area contributed by atoms with Crippen LogP contribution in [0.4, 0.5) is 0 Å². The number of methoxy groups -OCH3 is 1. The largest absolute Gasteiger partial charge is 0.496 e. The number of para-hydroxylation sites is 1. The molecule has 7 nitrogen and oxygen atoms in total. The molecular formula is C20H19N3O4S. The lowest BCUT2D eigenvalue weighted by molar-refractivity contribution is 0.219. The third-order valence-electron chi connectivity index (χ3n) is 4.58. The van der Waals surface area contributed by atoms with Gasteiger partial charge < -0.3 is 9.26 Å². The molecule has 3 aromatic rings. The van der Waals surface area contributed by atoms with Crippen LogP contribution < -0.4 is 4.74 Å². The lowest BCUT2D eigenvalue weighted by Crippen LogP contribution is -2.47. The fourth-order valence-corrected chi connectivity index (χ4v) is 4.23. The summed E-state index contributed by atoms with van der Waals surface area (Å²) in [5.41, 5.74) is 1.57. The SMILES string of the molecule is COc1ccccc1-c1noc(C2CN(S(=O)(=O)C=Cc3ccccc3)C2)n1. The van der Waals surface area contributed by atoms with Crippen molar-refractivity contribution in [3.05, 3.63) is 71.5 Å². The van der Waals surface area contributed by atoms with Crippen LogP contribution in [0.25, 0.3) is 17.5 Å². The van der Waals surface area contributed by atoms with E-state index in [0.717, 1.165) is 11.1 Å². The highest BCUT2D eigenvalue weighted by atomic mass is 32.2. The topological polar surface area (TPSA) is 85.5 Å². The fourth-order valence-electron chi connectivity index (χ4n) is 2.96. The summed E-state index contributed by atoms with van der Waals surface area (Å²) >= 11 is 0. The zero-order valence-corrected chi connectivity index (χ0v) is 16.0. The molecule has 0 bridgehead atoms. The third kappa shape index (κ3) is 3.69. The Morgan fingerprint density at radius 2 is 1.82 bits per heavy atom. The summed E-state index contributed by atoms with van der Waals surface area (Å²) in [6.45, 7) is 0.629. The maximum Gasteiger partial charge on any atom is 0.236 e. The van der Waals surface area contributed by atoms with E-state index in [1.54, 1.807) is 13.2 Å². The molecule has 0 unspecified atom stereocenters. The minimum Gasteiger partial charge on any atom is -0.496 e. The van der Waals surface area contributed by atoms with E-state index < -0.39 is 10.0 Å². The van der Waals surface area contributed by atoms with Crippen LogP contribution in [0.15, 0.2) is 64.5 Å². The molecule has 0 spiro atoms. The second-order valence-electron chi connectivity index (χ2n) is 6.43. The van der Waals surface area contributed by atoms with Gasteiger partial charge >= 0.3 is 0 Å². The summed E-state index contributed by atoms with van der Waals surface area (Å²) in [4.78, 5) is 4.42. The quantitative estimate of drug-likeness (QED) is 0.635. The molecule has 28 heavy (non-hydrogen) atoms. The number of hydrogen-bond acceptors (Lipinski definition) is 6. The van der Waals surface area contributed by atoms with Gasteiger partial charge in [0, 0.05) is 18.5 Å². The van der Waals surface area contributed by atoms with Crippen molar-refractivity contribution in [2.24, 2.45) is 0 Å². The molecule has 1 saturated heterocycles. The molecule has 0 radical (unpaired) electrons. The predicted octanol–water partition coefficient (Wildman–Crippen LogP) is 3.15. The van der Waals surface area contributed by atoms with Crippen molar-refractivity contribution in [1.29, 1.82) is 0 Å². The molecule has 1 aliphatic heterocycles. The summed E-state index contributed by atoms with van der Waals surface area (Å²) in [5, 5.41) is 5.24. The Labute approximate surface area is 163 Å². The lowest BCUT2D eigenvalue weighted by Gasteiger charge is -2.34. The Morgan fingerprint density at radius 3 is 2.57 bits per heavy atom. The molecule has 0 saturated carbocycles. The van der Waals surface area contributed by atoms with Crippen LogP contribution in [0.2, 0.25) is 0 Å². The summed E-state index contributed by atoms with van der Waals surface area (Å²) in [6.07, 6.45) is 1.59. The van der Waals surface area contributed by atoms with Crippen molar-refractivity contribution < 1.29 is 17.7 Å². The van der Waals surface area contributed by atoms with E-state index in [-0.39, 0.29) is 5.92 Å². The Hall–Kier alpha value is -2.97. The van der Waals surface area contributed by atoms with Crippen molar-refractivity contribution in [3.63, 3.8) is 0 Å². The molecule has 4 rings (SSSR count). The van der Waals surface area contributed by atoms with Crippen LogP contribution in [0, 0.1) is 0 Å². The van der Waals surface area contributed by atoms with Gasteiger partial charge in [-0.15, -0.1) is 0 Å². The summed E-state index contributed by atoms with van der Waals surface area (Å²) in [5.74, 6) is 1.40. The van der Waals surface area contributed by atoms with Crippen molar-refractivity contribution in [2.75, 3.05) is 20.2 Å². The third-order valence-corrected chi connectivity index (χ3v) is 6.08. The van der Waals surface area contributed by atoms with Gasteiger partial charge in [-0.2, -0.15) is 9.29 Å². The van der Waals surface area contributed by atoms with Gasteiger partial charge in [-0.25, -0.2) is 8.42 Å². The van der Waals surface area contributed by atoms with Crippen LogP contribution in [-0.2, 0) is 10.0 Å². The molecule has 0 amide bonds. The maximum absolute atomic E-state index is 12.4. The Balaban J connectivity index is 1.43. The highest BCUT2D eigenvalue weighted by Gasteiger charge is 2.38. The van der Waals surface area contributed by atoms with Crippen molar-refractivity contribution in [3.8, 4) is 17.1 Å². The van der Waals surface area contributed by atoms with Gasteiger partial charge in [-0.05, 0) is 23.8 Å². The van der Waals surface area contributed by atoms with E-state index >= 15 is 0 Å². The van der Waals surface area contributed by atoms with E-state index in [4.69, 9.17) is 9.26 Å². The molecule has 144 valence electrons. The van der Waals surface area contributed by atoms with E-state index in [9.17, 15) is 8.42 Å². The fraction of sp³-hybridized carbons (Fsp3) is 0.200. The second-order valence-corrected chi connectivity index (χ2v) is 8.25. The second kappa shape index (κ2) is 7.57. The normalized spacial score (nSPS) is 15.6. The van der Waals surface area contributed by atoms with Crippen molar-refractivity contribution in [1.82, 2.24) is 14.4 Å². The van der Waals surface area contributed by atoms with Gasteiger partial charge in [0.25, 0.3) is 0 Å². The summed E-state index contributed by atoms with van der Waals surface area (Å²) in [6, 6.07) is 16.7. The predicted molar refractivity (Wildman–Crippen MR) is 105 cm³/mol. The Kier molecular flexibility index (Phi) is 4.97. The minimum atomic E-state index is -3.48. The average Bonchev–Trinajstić information content (AvgIpc) is 3.15. The van der Waals surface area contributed by atoms with E-state index in [2.05, 4.69) is 10.1 Å². The number of ether oxygens (including phenoxy) is 1. The van der Waals surface area contributed by atoms with Gasteiger partial charge in [0.1, 0.15) is 5.75 Å². The van der Waals surface area contributed by atoms with Crippen molar-refractivity contribution >= 4 is 16.1 Å². The van der Waals surface area contributed by atoms with Gasteiger partial charge in [0.2, 0.25) is 21.7 Å². The molecule has 0 N–H and O–H groups in total. The monoisotopic (exact) mass is 397 g/mol. The van der Waals surface area contributed by atoms with Crippen molar-refractivity contribution in [2.45, 2.75) is 5.92 Å². The summed E-state index contributed by atoms with van der Waals surface area (Å²) in [7, 11) is -1.89. The maximum atomic E-state index is 12.4. The molecular weight excluding hydrogens is 378 g/mol. The number of sulfonamides is 1. The first-order valence-electron chi connectivity index (χ1n) is 8.77. The smallest absolute Gasteiger partial charge is 0.236 e. The van der Waals surface area contributed by atoms with Gasteiger partial charge in [0.05, 0.1) is 18.6 Å². The standard InChI is InChI=1S/C20H19N3O4S/c1-26-18-10-6-5-9-17(18)19-21-20(27-22-19)16-13-23(14-16)28(24,25)12-11-15-7-3-2-4-8-15/h2-12,16H,13-14H2,1H3. The minimum absolute atomic E-state index is 0.115. The first-order valence-corrected chi connectivity index (χ1v) is 10.3. The van der Waals surface area contributed by atoms with E-state index in [0.29, 0.717) is 30.6 Å². The molecule has 1 aliphatic rings. The number of aromatic nitrogens is 2. The van der Waals surface area contributed by atoms with Crippen LogP contribution in [-0.4, -0.2) is 43.1 Å². The first-order chi connectivity index (χ1) is 13.6. The number of hydrogen-bond donors (Lipinski definition) is 0. The highest BCUT2D eigenvalue weighted by Crippen LogP contribution is 2.32.